The van der Waals surface area contributed by atoms with Crippen molar-refractivity contribution in [3.05, 3.63) is 94.0 Å². The van der Waals surface area contributed by atoms with Crippen molar-refractivity contribution in [1.82, 2.24) is 0 Å². The molecule has 1 aliphatic rings. The number of benzene rings is 3. The molecular formula is C22H20O. The molecule has 3 aromatic rings. The smallest absolute Gasteiger partial charge is 0.131 e. The largest absolute Gasteiger partial charge is 0.457 e. The summed E-state index contributed by atoms with van der Waals surface area (Å²) < 4.78 is 6.13. The van der Waals surface area contributed by atoms with Crippen LogP contribution < -0.4 is 4.74 Å². The molecule has 0 fully saturated rings. The molecule has 1 aliphatic heterocycles. The number of hydrogen-bond donors (Lipinski definition) is 0. The molecule has 1 heterocycles. The summed E-state index contributed by atoms with van der Waals surface area (Å²) in [4.78, 5) is 0. The number of hydrogen-bond acceptors (Lipinski definition) is 1. The van der Waals surface area contributed by atoms with E-state index >= 15 is 0 Å². The lowest BCUT2D eigenvalue weighted by molar-refractivity contribution is 0.452. The van der Waals surface area contributed by atoms with E-state index in [2.05, 4.69) is 69.3 Å². The minimum Gasteiger partial charge on any atom is -0.457 e. The van der Waals surface area contributed by atoms with Gasteiger partial charge in [0.05, 0.1) is 0 Å². The van der Waals surface area contributed by atoms with E-state index in [0.29, 0.717) is 0 Å². The van der Waals surface area contributed by atoms with Gasteiger partial charge in [-0.3, -0.25) is 0 Å². The van der Waals surface area contributed by atoms with Crippen LogP contribution in [0.3, 0.4) is 0 Å². The van der Waals surface area contributed by atoms with E-state index in [4.69, 9.17) is 4.74 Å². The third-order valence-corrected chi connectivity index (χ3v) is 4.71. The van der Waals surface area contributed by atoms with Crippen LogP contribution in [0.15, 0.2) is 60.7 Å². The SMILES string of the molecule is Cc1cc(C)c(C2c3ccccc3Oc3ccccc32)c(C)c1. The van der Waals surface area contributed by atoms with Crippen LogP contribution >= 0.6 is 0 Å². The predicted molar refractivity (Wildman–Crippen MR) is 94.6 cm³/mol. The molecule has 0 aromatic heterocycles. The summed E-state index contributed by atoms with van der Waals surface area (Å²) in [7, 11) is 0. The van der Waals surface area contributed by atoms with Crippen molar-refractivity contribution < 1.29 is 4.74 Å². The lowest BCUT2D eigenvalue weighted by Crippen LogP contribution is -2.14. The minimum atomic E-state index is 0.233. The first-order valence-electron chi connectivity index (χ1n) is 8.08. The first-order valence-corrected chi connectivity index (χ1v) is 8.08. The molecular weight excluding hydrogens is 280 g/mol. The van der Waals surface area contributed by atoms with E-state index in [-0.39, 0.29) is 5.92 Å². The Labute approximate surface area is 137 Å². The van der Waals surface area contributed by atoms with Gasteiger partial charge in [0.2, 0.25) is 0 Å². The minimum absolute atomic E-state index is 0.233. The molecule has 0 spiro atoms. The second kappa shape index (κ2) is 5.27. The van der Waals surface area contributed by atoms with E-state index in [1.807, 2.05) is 12.1 Å². The Bertz CT molecular complexity index is 823. The Morgan fingerprint density at radius 3 is 1.70 bits per heavy atom. The van der Waals surface area contributed by atoms with Gasteiger partial charge in [0.15, 0.2) is 0 Å². The monoisotopic (exact) mass is 300 g/mol. The van der Waals surface area contributed by atoms with Crippen LogP contribution in [-0.2, 0) is 0 Å². The maximum absolute atomic E-state index is 6.13. The summed E-state index contributed by atoms with van der Waals surface area (Å²) in [5, 5.41) is 0. The van der Waals surface area contributed by atoms with Gasteiger partial charge in [-0.25, -0.2) is 0 Å². The number of fused-ring (bicyclic) bond motifs is 2. The van der Waals surface area contributed by atoms with Crippen molar-refractivity contribution in [2.24, 2.45) is 0 Å². The summed E-state index contributed by atoms with van der Waals surface area (Å²) in [5.41, 5.74) is 7.91. The number of para-hydroxylation sites is 2. The van der Waals surface area contributed by atoms with Crippen LogP contribution in [0.2, 0.25) is 0 Å². The Morgan fingerprint density at radius 2 is 1.17 bits per heavy atom. The molecule has 0 aliphatic carbocycles. The third-order valence-electron chi connectivity index (χ3n) is 4.71. The maximum atomic E-state index is 6.13. The summed E-state index contributed by atoms with van der Waals surface area (Å²) >= 11 is 0. The Hall–Kier alpha value is -2.54. The van der Waals surface area contributed by atoms with Crippen LogP contribution in [0.5, 0.6) is 11.5 Å². The van der Waals surface area contributed by atoms with E-state index in [0.717, 1.165) is 11.5 Å². The number of aryl methyl sites for hydroxylation is 3. The van der Waals surface area contributed by atoms with Crippen LogP contribution in [0.25, 0.3) is 0 Å². The molecule has 0 radical (unpaired) electrons. The first-order chi connectivity index (χ1) is 11.1. The predicted octanol–water partition coefficient (Wildman–Crippen LogP) is 5.90. The molecule has 3 aromatic carbocycles. The molecule has 0 N–H and O–H groups in total. The molecule has 23 heavy (non-hydrogen) atoms. The highest BCUT2D eigenvalue weighted by atomic mass is 16.5. The van der Waals surface area contributed by atoms with Gasteiger partial charge in [0.1, 0.15) is 11.5 Å². The quantitative estimate of drug-likeness (QED) is 0.425. The lowest BCUT2D eigenvalue weighted by Gasteiger charge is -2.30. The highest BCUT2D eigenvalue weighted by Crippen LogP contribution is 2.48. The molecule has 0 bridgehead atoms. The second-order valence-corrected chi connectivity index (χ2v) is 6.42. The molecule has 0 amide bonds. The summed E-state index contributed by atoms with van der Waals surface area (Å²) in [6.07, 6.45) is 0. The Morgan fingerprint density at radius 1 is 0.696 bits per heavy atom. The van der Waals surface area contributed by atoms with Crippen LogP contribution in [0.4, 0.5) is 0 Å². The fourth-order valence-electron chi connectivity index (χ4n) is 3.87. The van der Waals surface area contributed by atoms with Gasteiger partial charge in [-0.2, -0.15) is 0 Å². The van der Waals surface area contributed by atoms with Gasteiger partial charge >= 0.3 is 0 Å². The zero-order valence-electron chi connectivity index (χ0n) is 13.8. The van der Waals surface area contributed by atoms with Gasteiger partial charge < -0.3 is 4.74 Å². The molecule has 4 rings (SSSR count). The van der Waals surface area contributed by atoms with Crippen molar-refractivity contribution in [2.45, 2.75) is 26.7 Å². The van der Waals surface area contributed by atoms with Gasteiger partial charge in [0.25, 0.3) is 0 Å². The number of ether oxygens (including phenoxy) is 1. The van der Waals surface area contributed by atoms with Gasteiger partial charge in [-0.05, 0) is 49.6 Å². The number of rotatable bonds is 1. The fourth-order valence-corrected chi connectivity index (χ4v) is 3.87. The average molecular weight is 300 g/mol. The normalized spacial score (nSPS) is 13.2. The van der Waals surface area contributed by atoms with Crippen molar-refractivity contribution in [1.29, 1.82) is 0 Å². The zero-order valence-corrected chi connectivity index (χ0v) is 13.8. The van der Waals surface area contributed by atoms with E-state index in [1.54, 1.807) is 0 Å². The van der Waals surface area contributed by atoms with Crippen molar-refractivity contribution >= 4 is 0 Å². The van der Waals surface area contributed by atoms with Gasteiger partial charge in [-0.15, -0.1) is 0 Å². The molecule has 1 heteroatoms. The highest BCUT2D eigenvalue weighted by Gasteiger charge is 2.30. The third kappa shape index (κ3) is 2.24. The van der Waals surface area contributed by atoms with Crippen molar-refractivity contribution in [3.8, 4) is 11.5 Å². The van der Waals surface area contributed by atoms with Crippen molar-refractivity contribution in [3.63, 3.8) is 0 Å². The Kier molecular flexibility index (Phi) is 3.23. The Balaban J connectivity index is 2.02. The van der Waals surface area contributed by atoms with Crippen LogP contribution in [0, 0.1) is 20.8 Å². The first kappa shape index (κ1) is 14.1. The van der Waals surface area contributed by atoms with Gasteiger partial charge in [0, 0.05) is 17.0 Å². The summed E-state index contributed by atoms with van der Waals surface area (Å²) in [6.45, 7) is 6.60. The highest BCUT2D eigenvalue weighted by molar-refractivity contribution is 5.60. The van der Waals surface area contributed by atoms with E-state index < -0.39 is 0 Å². The molecule has 0 saturated heterocycles. The second-order valence-electron chi connectivity index (χ2n) is 6.42. The van der Waals surface area contributed by atoms with Crippen molar-refractivity contribution in [2.75, 3.05) is 0 Å². The van der Waals surface area contributed by atoms with Crippen LogP contribution in [-0.4, -0.2) is 0 Å². The zero-order chi connectivity index (χ0) is 16.0. The summed E-state index contributed by atoms with van der Waals surface area (Å²) in [6, 6.07) is 21.4. The standard InChI is InChI=1S/C22H20O/c1-14-12-15(2)21(16(3)13-14)22-17-8-4-6-10-19(17)23-20-11-7-5-9-18(20)22/h4-13,22H,1-3H3. The molecule has 0 saturated carbocycles. The van der Waals surface area contributed by atoms with E-state index in [1.165, 1.54) is 33.4 Å². The summed E-state index contributed by atoms with van der Waals surface area (Å²) in [5.74, 6) is 2.17. The van der Waals surface area contributed by atoms with Crippen LogP contribution in [0.1, 0.15) is 39.3 Å². The molecule has 0 unspecified atom stereocenters. The fraction of sp³-hybridized carbons (Fsp3) is 0.182. The van der Waals surface area contributed by atoms with E-state index in [9.17, 15) is 0 Å². The lowest BCUT2D eigenvalue weighted by atomic mass is 9.78. The maximum Gasteiger partial charge on any atom is 0.131 e. The topological polar surface area (TPSA) is 9.23 Å². The average Bonchev–Trinajstić information content (AvgIpc) is 2.53. The molecule has 1 nitrogen and oxygen atoms in total. The van der Waals surface area contributed by atoms with Gasteiger partial charge in [-0.1, -0.05) is 54.1 Å². The molecule has 114 valence electrons. The molecule has 0 atom stereocenters.